The third-order valence-corrected chi connectivity index (χ3v) is 6.34. The van der Waals surface area contributed by atoms with Gasteiger partial charge in [0.25, 0.3) is 0 Å². The van der Waals surface area contributed by atoms with Crippen molar-refractivity contribution in [1.29, 1.82) is 5.41 Å². The Labute approximate surface area is 200 Å². The number of hydrogen-bond donors (Lipinski definition) is 4. The van der Waals surface area contributed by atoms with Gasteiger partial charge in [-0.2, -0.15) is 0 Å². The van der Waals surface area contributed by atoms with Gasteiger partial charge in [-0.25, -0.2) is 0 Å². The van der Waals surface area contributed by atoms with Crippen molar-refractivity contribution in [2.24, 2.45) is 0 Å². The number of methoxy groups -OCH3 is 1. The standard InChI is InChI=1S/C26H32N6O2/c1-17-26-22-9-8-19(20(15-27)16-28-2)14-23(22)24(10-11-32(26)30-31(17)3)29-21-7-5-6-18(12-21)13-25(33)34-4/h5-9,12,14-16,24,27-30H,10-11,13H2,1-4H3/b20-16+,27-15?. The van der Waals surface area contributed by atoms with Crippen molar-refractivity contribution in [3.05, 3.63) is 76.6 Å². The Hall–Kier alpha value is -3.78. The first kappa shape index (κ1) is 23.4. The van der Waals surface area contributed by atoms with Crippen LogP contribution in [0.15, 0.2) is 54.4 Å². The molecule has 2 aromatic carbocycles. The van der Waals surface area contributed by atoms with Crippen molar-refractivity contribution in [3.8, 4) is 0 Å². The summed E-state index contributed by atoms with van der Waals surface area (Å²) in [5.41, 5.74) is 11.8. The van der Waals surface area contributed by atoms with E-state index in [-0.39, 0.29) is 18.4 Å². The Morgan fingerprint density at radius 2 is 2.12 bits per heavy atom. The molecule has 0 amide bonds. The number of nitrogens with zero attached hydrogens (tertiary/aromatic N) is 2. The van der Waals surface area contributed by atoms with Gasteiger partial charge < -0.3 is 20.8 Å². The molecule has 2 aliphatic rings. The molecule has 4 N–H and O–H groups in total. The second kappa shape index (κ2) is 10.0. The second-order valence-corrected chi connectivity index (χ2v) is 8.52. The van der Waals surface area contributed by atoms with Gasteiger partial charge in [-0.05, 0) is 48.2 Å². The monoisotopic (exact) mass is 460 g/mol. The molecule has 8 nitrogen and oxygen atoms in total. The highest BCUT2D eigenvalue weighted by atomic mass is 16.5. The first-order valence-electron chi connectivity index (χ1n) is 11.4. The van der Waals surface area contributed by atoms with Gasteiger partial charge in [-0.15, -0.1) is 5.53 Å². The predicted molar refractivity (Wildman–Crippen MR) is 136 cm³/mol. The molecule has 2 aromatic rings. The summed E-state index contributed by atoms with van der Waals surface area (Å²) in [5, 5.41) is 18.8. The Bertz CT molecular complexity index is 1160. The van der Waals surface area contributed by atoms with E-state index in [1.165, 1.54) is 24.6 Å². The lowest BCUT2D eigenvalue weighted by atomic mass is 9.92. The fourth-order valence-electron chi connectivity index (χ4n) is 4.55. The molecule has 0 bridgehead atoms. The number of hydrazine groups is 2. The molecule has 0 radical (unpaired) electrons. The minimum atomic E-state index is -0.254. The molecule has 2 aliphatic heterocycles. The number of nitrogens with one attached hydrogen (secondary N) is 4. The summed E-state index contributed by atoms with van der Waals surface area (Å²) in [6.07, 6.45) is 4.32. The highest BCUT2D eigenvalue weighted by molar-refractivity contribution is 6.08. The minimum Gasteiger partial charge on any atom is -0.469 e. The molecular formula is C26H32N6O2. The largest absolute Gasteiger partial charge is 0.469 e. The quantitative estimate of drug-likeness (QED) is 0.371. The fourth-order valence-corrected chi connectivity index (χ4v) is 4.55. The molecule has 1 unspecified atom stereocenters. The minimum absolute atomic E-state index is 0.0444. The number of anilines is 1. The van der Waals surface area contributed by atoms with Gasteiger partial charge in [0.2, 0.25) is 0 Å². The molecule has 8 heteroatoms. The number of esters is 1. The number of allylic oxidation sites excluding steroid dienone is 2. The maximum Gasteiger partial charge on any atom is 0.309 e. The van der Waals surface area contributed by atoms with Crippen molar-refractivity contribution in [2.75, 3.05) is 33.1 Å². The van der Waals surface area contributed by atoms with Gasteiger partial charge in [0, 0.05) is 49.9 Å². The van der Waals surface area contributed by atoms with Crippen LogP contribution in [0.3, 0.4) is 0 Å². The van der Waals surface area contributed by atoms with E-state index in [4.69, 9.17) is 10.1 Å². The van der Waals surface area contributed by atoms with Crippen molar-refractivity contribution >= 4 is 29.1 Å². The van der Waals surface area contributed by atoms with Crippen LogP contribution in [0, 0.1) is 5.41 Å². The summed E-state index contributed by atoms with van der Waals surface area (Å²) >= 11 is 0. The van der Waals surface area contributed by atoms with Crippen LogP contribution in [0.25, 0.3) is 11.3 Å². The van der Waals surface area contributed by atoms with Crippen LogP contribution < -0.4 is 16.2 Å². The van der Waals surface area contributed by atoms with Crippen molar-refractivity contribution in [1.82, 2.24) is 20.9 Å². The molecule has 0 aliphatic carbocycles. The number of carbonyl (C=O) groups excluding carboxylic acids is 1. The van der Waals surface area contributed by atoms with Crippen LogP contribution in [0.4, 0.5) is 5.69 Å². The van der Waals surface area contributed by atoms with Crippen molar-refractivity contribution < 1.29 is 9.53 Å². The first-order valence-corrected chi connectivity index (χ1v) is 11.4. The Morgan fingerprint density at radius 3 is 2.85 bits per heavy atom. The lowest BCUT2D eigenvalue weighted by molar-refractivity contribution is -0.139. The zero-order chi connectivity index (χ0) is 24.2. The van der Waals surface area contributed by atoms with Gasteiger partial charge in [-0.3, -0.25) is 14.8 Å². The summed E-state index contributed by atoms with van der Waals surface area (Å²) < 4.78 is 4.82. The van der Waals surface area contributed by atoms with E-state index >= 15 is 0 Å². The van der Waals surface area contributed by atoms with E-state index in [1.54, 1.807) is 0 Å². The molecular weight excluding hydrogens is 428 g/mol. The fraction of sp³-hybridized carbons (Fsp3) is 0.308. The highest BCUT2D eigenvalue weighted by Crippen LogP contribution is 2.39. The third-order valence-electron chi connectivity index (χ3n) is 6.34. The summed E-state index contributed by atoms with van der Waals surface area (Å²) in [6.45, 7) is 2.94. The molecule has 2 heterocycles. The van der Waals surface area contributed by atoms with Crippen LogP contribution >= 0.6 is 0 Å². The number of ether oxygens (including phenoxy) is 1. The Balaban J connectivity index is 1.76. The maximum absolute atomic E-state index is 11.8. The van der Waals surface area contributed by atoms with Crippen LogP contribution in [0.2, 0.25) is 0 Å². The molecule has 1 atom stereocenters. The van der Waals surface area contributed by atoms with Crippen LogP contribution in [-0.4, -0.2) is 50.0 Å². The molecule has 34 heavy (non-hydrogen) atoms. The van der Waals surface area contributed by atoms with Crippen LogP contribution in [0.1, 0.15) is 41.6 Å². The maximum atomic E-state index is 11.8. The zero-order valence-corrected chi connectivity index (χ0v) is 20.1. The number of fused-ring (bicyclic) bond motifs is 3. The number of rotatable bonds is 7. The zero-order valence-electron chi connectivity index (χ0n) is 20.1. The van der Waals surface area contributed by atoms with Crippen LogP contribution in [-0.2, 0) is 16.0 Å². The molecule has 4 rings (SSSR count). The summed E-state index contributed by atoms with van der Waals surface area (Å²) in [7, 11) is 5.27. The predicted octanol–water partition coefficient (Wildman–Crippen LogP) is 3.52. The van der Waals surface area contributed by atoms with E-state index in [9.17, 15) is 4.79 Å². The van der Waals surface area contributed by atoms with Crippen LogP contribution in [0.5, 0.6) is 0 Å². The molecule has 178 valence electrons. The van der Waals surface area contributed by atoms with E-state index in [0.29, 0.717) is 0 Å². The van der Waals surface area contributed by atoms with Gasteiger partial charge >= 0.3 is 5.97 Å². The third kappa shape index (κ3) is 4.63. The van der Waals surface area contributed by atoms with Gasteiger partial charge in [0.15, 0.2) is 0 Å². The number of hydrogen-bond acceptors (Lipinski definition) is 8. The van der Waals surface area contributed by atoms with E-state index in [1.807, 2.05) is 49.6 Å². The summed E-state index contributed by atoms with van der Waals surface area (Å²) in [4.78, 5) is 11.8. The molecule has 0 spiro atoms. The average Bonchev–Trinajstić information content (AvgIpc) is 3.03. The number of benzene rings is 2. The lowest BCUT2D eigenvalue weighted by Crippen LogP contribution is -2.39. The topological polar surface area (TPSA) is 92.7 Å². The SMILES string of the molecule is CN/C=C(\C=N)c1ccc2c(c1)C(Nc1cccc(CC(=O)OC)c1)CCN1NN(C)C(C)=C21. The molecule has 0 saturated carbocycles. The lowest BCUT2D eigenvalue weighted by Gasteiger charge is -2.23. The molecule has 0 fully saturated rings. The smallest absolute Gasteiger partial charge is 0.309 e. The van der Waals surface area contributed by atoms with Crippen molar-refractivity contribution in [3.63, 3.8) is 0 Å². The normalized spacial score (nSPS) is 17.6. The van der Waals surface area contributed by atoms with E-state index in [0.717, 1.165) is 46.6 Å². The first-order chi connectivity index (χ1) is 16.4. The van der Waals surface area contributed by atoms with Gasteiger partial charge in [-0.1, -0.05) is 24.3 Å². The van der Waals surface area contributed by atoms with E-state index in [2.05, 4.69) is 46.3 Å². The van der Waals surface area contributed by atoms with Gasteiger partial charge in [0.1, 0.15) is 0 Å². The van der Waals surface area contributed by atoms with Crippen molar-refractivity contribution in [2.45, 2.75) is 25.8 Å². The summed E-state index contributed by atoms with van der Waals surface area (Å²) in [6, 6.07) is 14.4. The number of carbonyl (C=O) groups is 1. The second-order valence-electron chi connectivity index (χ2n) is 8.52. The highest BCUT2D eigenvalue weighted by Gasteiger charge is 2.32. The molecule has 0 saturated heterocycles. The Kier molecular flexibility index (Phi) is 6.88. The molecule has 0 aromatic heterocycles. The Morgan fingerprint density at radius 1 is 1.29 bits per heavy atom. The average molecular weight is 461 g/mol. The summed E-state index contributed by atoms with van der Waals surface area (Å²) in [5.74, 6) is -0.254. The van der Waals surface area contributed by atoms with E-state index < -0.39 is 0 Å². The van der Waals surface area contributed by atoms with Gasteiger partial charge in [0.05, 0.1) is 31.0 Å².